The molecule has 126 valence electrons. The maximum Gasteiger partial charge on any atom is 0.252 e. The number of aryl methyl sites for hydroxylation is 1. The number of ether oxygens (including phenoxy) is 2. The van der Waals surface area contributed by atoms with Gasteiger partial charge in [0.2, 0.25) is 0 Å². The van der Waals surface area contributed by atoms with E-state index in [9.17, 15) is 4.79 Å². The third-order valence-corrected chi connectivity index (χ3v) is 5.00. The zero-order valence-electron chi connectivity index (χ0n) is 13.6. The highest BCUT2D eigenvalue weighted by Gasteiger charge is 2.36. The lowest BCUT2D eigenvalue weighted by molar-refractivity contribution is -0.142. The van der Waals surface area contributed by atoms with Crippen LogP contribution in [-0.4, -0.2) is 58.3 Å². The van der Waals surface area contributed by atoms with Crippen LogP contribution in [0.3, 0.4) is 0 Å². The van der Waals surface area contributed by atoms with Crippen molar-refractivity contribution in [2.75, 3.05) is 26.4 Å². The monoisotopic (exact) mass is 320 g/mol. The van der Waals surface area contributed by atoms with Crippen molar-refractivity contribution < 1.29 is 14.3 Å². The number of carbonyl (C=O) groups is 1. The van der Waals surface area contributed by atoms with Gasteiger partial charge in [0, 0.05) is 32.7 Å². The zero-order valence-corrected chi connectivity index (χ0v) is 13.6. The van der Waals surface area contributed by atoms with E-state index >= 15 is 0 Å². The van der Waals surface area contributed by atoms with Crippen molar-refractivity contribution in [3.63, 3.8) is 0 Å². The molecule has 7 heteroatoms. The van der Waals surface area contributed by atoms with Gasteiger partial charge in [0.15, 0.2) is 0 Å². The van der Waals surface area contributed by atoms with Crippen LogP contribution in [0.2, 0.25) is 0 Å². The molecule has 2 fully saturated rings. The van der Waals surface area contributed by atoms with Gasteiger partial charge >= 0.3 is 0 Å². The van der Waals surface area contributed by atoms with Gasteiger partial charge < -0.3 is 14.4 Å². The Morgan fingerprint density at radius 2 is 2.22 bits per heavy atom. The molecule has 1 aromatic heterocycles. The maximum absolute atomic E-state index is 12.7. The summed E-state index contributed by atoms with van der Waals surface area (Å²) < 4.78 is 13.3. The van der Waals surface area contributed by atoms with Crippen molar-refractivity contribution in [2.45, 2.75) is 44.2 Å². The number of nitrogens with zero attached hydrogens (tertiary/aromatic N) is 4. The molecule has 7 nitrogen and oxygen atoms in total. The van der Waals surface area contributed by atoms with E-state index in [1.54, 1.807) is 0 Å². The number of amides is 1. The van der Waals surface area contributed by atoms with E-state index in [-0.39, 0.29) is 17.9 Å². The van der Waals surface area contributed by atoms with Gasteiger partial charge in [0.1, 0.15) is 11.8 Å². The molecule has 1 saturated carbocycles. The minimum atomic E-state index is -0.277. The van der Waals surface area contributed by atoms with Crippen LogP contribution in [-0.2, 0) is 27.9 Å². The van der Waals surface area contributed by atoms with E-state index in [1.165, 1.54) is 12.8 Å². The Bertz CT molecular complexity index is 578. The SMILES string of the molecule is Cn1nnc2c1C(COCC1CC1)CN(C(=O)[C@H]1CCCO1)C2. The number of fused-ring (bicyclic) bond motifs is 1. The van der Waals surface area contributed by atoms with Gasteiger partial charge in [-0.1, -0.05) is 5.21 Å². The Hall–Kier alpha value is -1.47. The molecule has 2 aliphatic heterocycles. The van der Waals surface area contributed by atoms with E-state index in [4.69, 9.17) is 9.47 Å². The van der Waals surface area contributed by atoms with Crippen molar-refractivity contribution in [1.29, 1.82) is 0 Å². The van der Waals surface area contributed by atoms with Gasteiger partial charge in [0.05, 0.1) is 18.8 Å². The second-order valence-corrected chi connectivity index (χ2v) is 6.94. The quantitative estimate of drug-likeness (QED) is 0.804. The molecule has 1 unspecified atom stereocenters. The Kier molecular flexibility index (Phi) is 4.07. The largest absolute Gasteiger partial charge is 0.380 e. The Balaban J connectivity index is 1.47. The van der Waals surface area contributed by atoms with Crippen LogP contribution in [0.15, 0.2) is 0 Å². The van der Waals surface area contributed by atoms with Crippen LogP contribution in [0.1, 0.15) is 43.0 Å². The van der Waals surface area contributed by atoms with E-state index in [0.717, 1.165) is 36.8 Å². The molecule has 1 aliphatic carbocycles. The van der Waals surface area contributed by atoms with Crippen LogP contribution >= 0.6 is 0 Å². The predicted octanol–water partition coefficient (Wildman–Crippen LogP) is 0.846. The lowest BCUT2D eigenvalue weighted by atomic mass is 9.98. The fraction of sp³-hybridized carbons (Fsp3) is 0.812. The first kappa shape index (κ1) is 15.1. The lowest BCUT2D eigenvalue weighted by Crippen LogP contribution is -2.44. The van der Waals surface area contributed by atoms with E-state index < -0.39 is 0 Å². The van der Waals surface area contributed by atoms with Crippen LogP contribution < -0.4 is 0 Å². The number of carbonyl (C=O) groups excluding carboxylic acids is 1. The first-order chi connectivity index (χ1) is 11.2. The highest BCUT2D eigenvalue weighted by molar-refractivity contribution is 5.81. The molecule has 3 heterocycles. The second-order valence-electron chi connectivity index (χ2n) is 6.94. The highest BCUT2D eigenvalue weighted by atomic mass is 16.5. The number of rotatable bonds is 5. The molecule has 1 saturated heterocycles. The standard InChI is InChI=1S/C16H24N4O3/c1-19-15-12(10-22-9-11-4-5-11)7-20(8-13(15)17-18-19)16(21)14-3-2-6-23-14/h11-12,14H,2-10H2,1H3/t12?,14-/m1/s1. The molecule has 1 aromatic rings. The first-order valence-electron chi connectivity index (χ1n) is 8.59. The minimum Gasteiger partial charge on any atom is -0.380 e. The molecule has 1 amide bonds. The number of hydrogen-bond acceptors (Lipinski definition) is 5. The fourth-order valence-corrected chi connectivity index (χ4v) is 3.55. The topological polar surface area (TPSA) is 69.5 Å². The average molecular weight is 320 g/mol. The summed E-state index contributed by atoms with van der Waals surface area (Å²) in [4.78, 5) is 14.5. The first-order valence-corrected chi connectivity index (χ1v) is 8.59. The Morgan fingerprint density at radius 3 is 2.96 bits per heavy atom. The van der Waals surface area contributed by atoms with Crippen molar-refractivity contribution >= 4 is 5.91 Å². The summed E-state index contributed by atoms with van der Waals surface area (Å²) >= 11 is 0. The minimum absolute atomic E-state index is 0.0889. The average Bonchev–Trinajstić information content (AvgIpc) is 3.07. The zero-order chi connectivity index (χ0) is 15.8. The number of hydrogen-bond donors (Lipinski definition) is 0. The van der Waals surface area contributed by atoms with Gasteiger partial charge in [-0.05, 0) is 31.6 Å². The third kappa shape index (κ3) is 3.12. The van der Waals surface area contributed by atoms with Gasteiger partial charge in [-0.2, -0.15) is 0 Å². The summed E-state index contributed by atoms with van der Waals surface area (Å²) in [6.45, 7) is 3.34. The molecule has 2 atom stereocenters. The summed E-state index contributed by atoms with van der Waals surface area (Å²) in [6, 6.07) is 0. The Morgan fingerprint density at radius 1 is 1.35 bits per heavy atom. The molecular formula is C16H24N4O3. The van der Waals surface area contributed by atoms with E-state index in [0.29, 0.717) is 26.3 Å². The molecule has 0 N–H and O–H groups in total. The molecule has 0 spiro atoms. The summed E-state index contributed by atoms with van der Waals surface area (Å²) in [5, 5.41) is 8.38. The van der Waals surface area contributed by atoms with Gasteiger partial charge in [-0.15, -0.1) is 5.10 Å². The van der Waals surface area contributed by atoms with Gasteiger partial charge in [-0.25, -0.2) is 0 Å². The van der Waals surface area contributed by atoms with Crippen LogP contribution in [0, 0.1) is 5.92 Å². The van der Waals surface area contributed by atoms with E-state index in [2.05, 4.69) is 10.3 Å². The van der Waals surface area contributed by atoms with Crippen LogP contribution in [0.5, 0.6) is 0 Å². The van der Waals surface area contributed by atoms with Crippen molar-refractivity contribution in [3.8, 4) is 0 Å². The lowest BCUT2D eigenvalue weighted by Gasteiger charge is -2.33. The van der Waals surface area contributed by atoms with Crippen LogP contribution in [0.4, 0.5) is 0 Å². The molecular weight excluding hydrogens is 296 g/mol. The summed E-state index contributed by atoms with van der Waals surface area (Å²) in [7, 11) is 1.91. The fourth-order valence-electron chi connectivity index (χ4n) is 3.55. The molecule has 0 bridgehead atoms. The van der Waals surface area contributed by atoms with Crippen molar-refractivity contribution in [3.05, 3.63) is 11.4 Å². The van der Waals surface area contributed by atoms with E-state index in [1.807, 2.05) is 16.6 Å². The second kappa shape index (κ2) is 6.20. The molecule has 0 radical (unpaired) electrons. The normalized spacial score (nSPS) is 27.3. The van der Waals surface area contributed by atoms with Gasteiger partial charge in [0.25, 0.3) is 5.91 Å². The van der Waals surface area contributed by atoms with Crippen molar-refractivity contribution in [1.82, 2.24) is 19.9 Å². The maximum atomic E-state index is 12.7. The Labute approximate surface area is 135 Å². The predicted molar refractivity (Wildman–Crippen MR) is 81.7 cm³/mol. The van der Waals surface area contributed by atoms with Gasteiger partial charge in [-0.3, -0.25) is 9.48 Å². The summed E-state index contributed by atoms with van der Waals surface area (Å²) in [5.41, 5.74) is 2.00. The smallest absolute Gasteiger partial charge is 0.252 e. The summed E-state index contributed by atoms with van der Waals surface area (Å²) in [5.74, 6) is 0.973. The number of aromatic nitrogens is 3. The molecule has 4 rings (SSSR count). The highest BCUT2D eigenvalue weighted by Crippen LogP contribution is 2.31. The molecule has 23 heavy (non-hydrogen) atoms. The molecule has 0 aromatic carbocycles. The molecule has 3 aliphatic rings. The van der Waals surface area contributed by atoms with Crippen LogP contribution in [0.25, 0.3) is 0 Å². The third-order valence-electron chi connectivity index (χ3n) is 5.00. The van der Waals surface area contributed by atoms with Crippen molar-refractivity contribution in [2.24, 2.45) is 13.0 Å². The summed E-state index contributed by atoms with van der Waals surface area (Å²) in [6.07, 6.45) is 4.08.